The van der Waals surface area contributed by atoms with Crippen LogP contribution in [0.15, 0.2) is 39.5 Å². The van der Waals surface area contributed by atoms with E-state index in [0.717, 1.165) is 23.1 Å². The number of guanidine groups is 1. The minimum atomic E-state index is -4.03. The van der Waals surface area contributed by atoms with Crippen LogP contribution in [0.4, 0.5) is 5.69 Å². The van der Waals surface area contributed by atoms with E-state index in [2.05, 4.69) is 23.8 Å². The van der Waals surface area contributed by atoms with Crippen molar-refractivity contribution in [2.75, 3.05) is 11.3 Å². The largest absolute Gasteiger partial charge is 0.370 e. The van der Waals surface area contributed by atoms with E-state index >= 15 is 0 Å². The topological polar surface area (TPSA) is 215 Å². The molecule has 3 rings (SSSR count). The average Bonchev–Trinajstić information content (AvgIpc) is 3.43. The molecule has 176 valence electrons. The third-order valence-electron chi connectivity index (χ3n) is 4.33. The van der Waals surface area contributed by atoms with E-state index < -0.39 is 27.9 Å². The first-order valence-corrected chi connectivity index (χ1v) is 12.4. The lowest BCUT2D eigenvalue weighted by atomic mass is 10.1. The fourth-order valence-corrected chi connectivity index (χ4v) is 5.20. The molecule has 0 bridgehead atoms. The van der Waals surface area contributed by atoms with Crippen LogP contribution < -0.4 is 27.0 Å². The second-order valence-corrected chi connectivity index (χ2v) is 9.76. The smallest absolute Gasteiger partial charge is 0.265 e. The molecule has 0 spiro atoms. The van der Waals surface area contributed by atoms with Gasteiger partial charge < -0.3 is 16.8 Å². The van der Waals surface area contributed by atoms with E-state index in [9.17, 15) is 18.0 Å². The number of nitrogens with one attached hydrogen (secondary N) is 3. The number of hydrogen-bond donors (Lipinski definition) is 6. The van der Waals surface area contributed by atoms with Gasteiger partial charge in [-0.2, -0.15) is 8.75 Å². The van der Waals surface area contributed by atoms with Gasteiger partial charge in [-0.3, -0.25) is 24.5 Å². The number of carbonyl (C=O) groups is 2. The summed E-state index contributed by atoms with van der Waals surface area (Å²) in [7, 11) is -4.03. The Hall–Kier alpha value is -3.34. The summed E-state index contributed by atoms with van der Waals surface area (Å²) >= 11 is 1.95. The average molecular weight is 513 g/mol. The Morgan fingerprint density at radius 3 is 2.67 bits per heavy atom. The van der Waals surface area contributed by atoms with Gasteiger partial charge in [-0.05, 0) is 42.5 Å². The Morgan fingerprint density at radius 1 is 1.18 bits per heavy atom. The third-order valence-corrected chi connectivity index (χ3v) is 7.16. The maximum atomic E-state index is 12.8. The Morgan fingerprint density at radius 2 is 1.94 bits per heavy atom. The minimum absolute atomic E-state index is 0.0370. The number of aromatic nitrogens is 2. The van der Waals surface area contributed by atoms with Crippen molar-refractivity contribution in [2.24, 2.45) is 16.5 Å². The fraction of sp³-hybridized carbons (Fsp3) is 0.235. The maximum absolute atomic E-state index is 12.8. The predicted molar refractivity (Wildman–Crippen MR) is 124 cm³/mol. The molecule has 8 N–H and O–H groups in total. The van der Waals surface area contributed by atoms with Crippen LogP contribution in [0.25, 0.3) is 11.0 Å². The number of hydrogen-bond acceptors (Lipinski definition) is 10. The number of sulfonamides is 1. The highest BCUT2D eigenvalue weighted by molar-refractivity contribution is 7.92. The molecular formula is C17H20N8O5S3. The number of benzene rings is 1. The molecule has 0 saturated heterocycles. The molecule has 0 radical (unpaired) electrons. The van der Waals surface area contributed by atoms with Crippen LogP contribution in [0, 0.1) is 0 Å². The molecule has 0 unspecified atom stereocenters. The minimum Gasteiger partial charge on any atom is -0.370 e. The molecule has 0 fully saturated rings. The van der Waals surface area contributed by atoms with Gasteiger partial charge in [-0.15, -0.1) is 11.3 Å². The van der Waals surface area contributed by atoms with Gasteiger partial charge in [0, 0.05) is 6.54 Å². The van der Waals surface area contributed by atoms with Crippen molar-refractivity contribution in [3.63, 3.8) is 0 Å². The van der Waals surface area contributed by atoms with Crippen molar-refractivity contribution in [3.8, 4) is 0 Å². The number of rotatable bonds is 10. The molecule has 2 aromatic heterocycles. The van der Waals surface area contributed by atoms with Crippen LogP contribution in [0.2, 0.25) is 0 Å². The molecule has 0 aliphatic rings. The molecule has 0 aliphatic carbocycles. The van der Waals surface area contributed by atoms with Crippen LogP contribution in [0.5, 0.6) is 0 Å². The normalized spacial score (nSPS) is 12.2. The summed E-state index contributed by atoms with van der Waals surface area (Å²) in [6.07, 6.45) is 0.469. The zero-order chi connectivity index (χ0) is 24.0. The summed E-state index contributed by atoms with van der Waals surface area (Å²) in [5.41, 5.74) is 13.0. The zero-order valence-electron chi connectivity index (χ0n) is 16.9. The molecule has 2 heterocycles. The van der Waals surface area contributed by atoms with Crippen molar-refractivity contribution in [1.82, 2.24) is 19.5 Å². The second-order valence-electron chi connectivity index (χ2n) is 6.63. The number of anilines is 1. The van der Waals surface area contributed by atoms with Crippen molar-refractivity contribution in [2.45, 2.75) is 23.8 Å². The molecule has 13 nitrogen and oxygen atoms in total. The number of nitrogens with zero attached hydrogens (tertiary/aromatic N) is 3. The van der Waals surface area contributed by atoms with Gasteiger partial charge >= 0.3 is 0 Å². The van der Waals surface area contributed by atoms with Gasteiger partial charge in [0.25, 0.3) is 21.8 Å². The number of nitrogens with two attached hydrogens (primary N) is 2. The standard InChI is InChI=1S/C17H20N8O5S3/c18-17(19)20-6-1-2-12(15(26)22-28)21-16(27)14-11(5-7-31-14)25-33(29,30)9-3-4-10-13(8-9)24-32-23-10/h3-5,7-8,12,25,28H,1-2,6H2,(H,21,27)(H,22,26)(H4,18,19,20)/t12-/m0/s1. The van der Waals surface area contributed by atoms with Gasteiger partial charge in [0.2, 0.25) is 0 Å². The number of aliphatic imine (C=N–C) groups is 1. The second kappa shape index (κ2) is 10.5. The van der Waals surface area contributed by atoms with Crippen LogP contribution in [0.3, 0.4) is 0 Å². The van der Waals surface area contributed by atoms with Crippen LogP contribution in [-0.2, 0) is 14.8 Å². The first-order chi connectivity index (χ1) is 15.7. The summed E-state index contributed by atoms with van der Waals surface area (Å²) in [5, 5.41) is 13.0. The van der Waals surface area contributed by atoms with Crippen LogP contribution >= 0.6 is 23.1 Å². The van der Waals surface area contributed by atoms with Gasteiger partial charge in [0.1, 0.15) is 22.0 Å². The summed E-state index contributed by atoms with van der Waals surface area (Å²) in [5.74, 6) is -1.64. The van der Waals surface area contributed by atoms with Crippen molar-refractivity contribution in [3.05, 3.63) is 34.5 Å². The van der Waals surface area contributed by atoms with E-state index in [1.165, 1.54) is 35.1 Å². The summed E-state index contributed by atoms with van der Waals surface area (Å²) in [6, 6.07) is 4.64. The van der Waals surface area contributed by atoms with E-state index in [0.29, 0.717) is 17.5 Å². The van der Waals surface area contributed by atoms with Crippen molar-refractivity contribution in [1.29, 1.82) is 0 Å². The SMILES string of the molecule is NC(N)=NCCC[C@H](NC(=O)c1sccc1NS(=O)(=O)c1ccc2nsnc2c1)C(=O)NO. The number of amides is 2. The van der Waals surface area contributed by atoms with Gasteiger partial charge in [-0.25, -0.2) is 13.9 Å². The van der Waals surface area contributed by atoms with E-state index in [4.69, 9.17) is 16.7 Å². The van der Waals surface area contributed by atoms with Crippen LogP contribution in [0.1, 0.15) is 22.5 Å². The van der Waals surface area contributed by atoms with Gasteiger partial charge in [-0.1, -0.05) is 0 Å². The maximum Gasteiger partial charge on any atom is 0.265 e. The van der Waals surface area contributed by atoms with Crippen molar-refractivity contribution < 1.29 is 23.2 Å². The summed E-state index contributed by atoms with van der Waals surface area (Å²) in [6.45, 7) is 0.219. The molecule has 3 aromatic rings. The zero-order valence-corrected chi connectivity index (χ0v) is 19.3. The molecule has 2 amide bonds. The fourth-order valence-electron chi connectivity index (χ4n) is 2.77. The first kappa shape index (κ1) is 24.3. The number of hydroxylamine groups is 1. The number of carbonyl (C=O) groups excluding carboxylic acids is 2. The quantitative estimate of drug-likeness (QED) is 0.0718. The Kier molecular flexibility index (Phi) is 7.75. The van der Waals surface area contributed by atoms with E-state index in [1.54, 1.807) is 0 Å². The van der Waals surface area contributed by atoms with Crippen molar-refractivity contribution >= 4 is 67.6 Å². The lowest BCUT2D eigenvalue weighted by Gasteiger charge is -2.16. The predicted octanol–water partition coefficient (Wildman–Crippen LogP) is 0.211. The monoisotopic (exact) mass is 512 g/mol. The van der Waals surface area contributed by atoms with Gasteiger partial charge in [0.05, 0.1) is 22.3 Å². The molecule has 1 aromatic carbocycles. The molecule has 0 saturated carbocycles. The third kappa shape index (κ3) is 6.13. The van der Waals surface area contributed by atoms with Crippen LogP contribution in [-0.4, -0.2) is 52.7 Å². The molecule has 16 heteroatoms. The summed E-state index contributed by atoms with van der Waals surface area (Å²) < 4.78 is 36.1. The van der Waals surface area contributed by atoms with Gasteiger partial charge in [0.15, 0.2) is 5.96 Å². The highest BCUT2D eigenvalue weighted by Gasteiger charge is 2.25. The molecule has 1 atom stereocenters. The Balaban J connectivity index is 1.74. The first-order valence-electron chi connectivity index (χ1n) is 9.34. The highest BCUT2D eigenvalue weighted by Crippen LogP contribution is 2.26. The molecule has 0 aliphatic heterocycles. The highest BCUT2D eigenvalue weighted by atomic mass is 32.2. The molecular weight excluding hydrogens is 492 g/mol. The number of thiophene rings is 1. The lowest BCUT2D eigenvalue weighted by molar-refractivity contribution is -0.131. The number of fused-ring (bicyclic) bond motifs is 1. The Labute approximate surface area is 196 Å². The summed E-state index contributed by atoms with van der Waals surface area (Å²) in [4.78, 5) is 28.5. The van der Waals surface area contributed by atoms with E-state index in [-0.39, 0.29) is 34.4 Å². The molecule has 33 heavy (non-hydrogen) atoms. The lowest BCUT2D eigenvalue weighted by Crippen LogP contribution is -2.45. The Bertz CT molecular complexity index is 1280. The van der Waals surface area contributed by atoms with E-state index in [1.807, 2.05) is 0 Å².